The molecule has 0 radical (unpaired) electrons. The van der Waals surface area contributed by atoms with Gasteiger partial charge in [0.15, 0.2) is 0 Å². The highest BCUT2D eigenvalue weighted by Crippen LogP contribution is 2.39. The van der Waals surface area contributed by atoms with Crippen LogP contribution in [0, 0.1) is 6.92 Å². The summed E-state index contributed by atoms with van der Waals surface area (Å²) in [5.74, 6) is 0.000927. The van der Waals surface area contributed by atoms with Crippen molar-refractivity contribution >= 4 is 5.91 Å². The molecule has 1 aliphatic heterocycles. The number of aromatic nitrogens is 1. The molecule has 1 aromatic heterocycles. The Hall–Kier alpha value is -2.22. The number of benzene rings is 1. The molecule has 2 aromatic rings. The van der Waals surface area contributed by atoms with E-state index >= 15 is 0 Å². The largest absolute Gasteiger partial charge is 0.391 e. The number of hydrogen-bond donors (Lipinski definition) is 2. The average molecular weight is 427 g/mol. The number of hydrogen-bond acceptors (Lipinski definition) is 6. The van der Waals surface area contributed by atoms with Crippen LogP contribution in [0.3, 0.4) is 0 Å². The van der Waals surface area contributed by atoms with Gasteiger partial charge in [-0.25, -0.2) is 0 Å². The normalized spacial score (nSPS) is 28.2. The van der Waals surface area contributed by atoms with E-state index in [0.29, 0.717) is 12.2 Å². The zero-order chi connectivity index (χ0) is 21.8. The molecule has 2 heterocycles. The summed E-state index contributed by atoms with van der Waals surface area (Å²) in [5, 5.41) is 18.0. The van der Waals surface area contributed by atoms with Gasteiger partial charge in [-0.1, -0.05) is 35.5 Å². The van der Waals surface area contributed by atoms with Crippen LogP contribution in [-0.2, 0) is 5.41 Å². The molecule has 0 spiro atoms. The number of likely N-dealkylation sites (N-methyl/N-ethyl adjacent to an activating group) is 1. The van der Waals surface area contributed by atoms with Gasteiger partial charge in [-0.15, -0.1) is 0 Å². The van der Waals surface area contributed by atoms with Gasteiger partial charge in [0.05, 0.1) is 11.8 Å². The molecule has 1 saturated carbocycles. The molecule has 168 valence electrons. The van der Waals surface area contributed by atoms with Gasteiger partial charge in [0, 0.05) is 50.2 Å². The number of amides is 1. The highest BCUT2D eigenvalue weighted by molar-refractivity contribution is 5.91. The number of piperazine rings is 1. The molecule has 0 unspecified atom stereocenters. The van der Waals surface area contributed by atoms with E-state index in [1.165, 1.54) is 5.56 Å². The fourth-order valence-electron chi connectivity index (χ4n) is 5.10. The van der Waals surface area contributed by atoms with Crippen molar-refractivity contribution in [2.24, 2.45) is 0 Å². The van der Waals surface area contributed by atoms with Crippen LogP contribution in [0.1, 0.15) is 47.5 Å². The second-order valence-corrected chi connectivity index (χ2v) is 9.21. The first-order chi connectivity index (χ1) is 15.0. The van der Waals surface area contributed by atoms with Crippen LogP contribution in [0.5, 0.6) is 0 Å². The van der Waals surface area contributed by atoms with E-state index in [1.54, 1.807) is 13.0 Å². The predicted molar refractivity (Wildman–Crippen MR) is 119 cm³/mol. The molecule has 2 aliphatic rings. The SMILES string of the molecule is Cc1cc(C(=O)NC[C@@]2(c3ccccc3)CC[C@H](O)[C@@H](N3CCN(C)CC3)CC2)on1. The topological polar surface area (TPSA) is 81.8 Å². The molecule has 1 saturated heterocycles. The lowest BCUT2D eigenvalue weighted by Crippen LogP contribution is -2.52. The smallest absolute Gasteiger partial charge is 0.289 e. The van der Waals surface area contributed by atoms with Gasteiger partial charge < -0.3 is 19.8 Å². The van der Waals surface area contributed by atoms with Crippen LogP contribution in [0.2, 0.25) is 0 Å². The molecule has 1 amide bonds. The maximum absolute atomic E-state index is 12.7. The molecule has 31 heavy (non-hydrogen) atoms. The summed E-state index contributed by atoms with van der Waals surface area (Å²) < 4.78 is 5.14. The number of rotatable bonds is 5. The van der Waals surface area contributed by atoms with Crippen molar-refractivity contribution in [1.82, 2.24) is 20.3 Å². The summed E-state index contributed by atoms with van der Waals surface area (Å²) in [6.45, 7) is 6.39. The summed E-state index contributed by atoms with van der Waals surface area (Å²) in [4.78, 5) is 17.5. The van der Waals surface area contributed by atoms with Gasteiger partial charge in [-0.2, -0.15) is 0 Å². The van der Waals surface area contributed by atoms with E-state index in [-0.39, 0.29) is 29.2 Å². The Morgan fingerprint density at radius 2 is 1.90 bits per heavy atom. The highest BCUT2D eigenvalue weighted by Gasteiger charge is 2.40. The number of aliphatic hydroxyl groups is 1. The van der Waals surface area contributed by atoms with Crippen molar-refractivity contribution in [3.05, 3.63) is 53.4 Å². The van der Waals surface area contributed by atoms with Crippen LogP contribution in [0.15, 0.2) is 40.9 Å². The van der Waals surface area contributed by atoms with Gasteiger partial charge in [-0.05, 0) is 45.2 Å². The lowest BCUT2D eigenvalue weighted by molar-refractivity contribution is 0.0200. The maximum atomic E-state index is 12.7. The van der Waals surface area contributed by atoms with Crippen molar-refractivity contribution in [3.63, 3.8) is 0 Å². The van der Waals surface area contributed by atoms with Crippen LogP contribution in [0.4, 0.5) is 0 Å². The van der Waals surface area contributed by atoms with Crippen molar-refractivity contribution in [1.29, 1.82) is 0 Å². The Morgan fingerprint density at radius 1 is 1.19 bits per heavy atom. The number of nitrogens with one attached hydrogen (secondary N) is 1. The van der Waals surface area contributed by atoms with Gasteiger partial charge in [0.25, 0.3) is 5.91 Å². The lowest BCUT2D eigenvalue weighted by atomic mass is 9.74. The molecule has 1 aliphatic carbocycles. The average Bonchev–Trinajstić information content (AvgIpc) is 3.15. The second-order valence-electron chi connectivity index (χ2n) is 9.21. The fraction of sp³-hybridized carbons (Fsp3) is 0.583. The van der Waals surface area contributed by atoms with Gasteiger partial charge in [0.2, 0.25) is 5.76 Å². The molecule has 7 nitrogen and oxygen atoms in total. The van der Waals surface area contributed by atoms with Crippen LogP contribution >= 0.6 is 0 Å². The minimum absolute atomic E-state index is 0.173. The Bertz CT molecular complexity index is 863. The molecular weight excluding hydrogens is 392 g/mol. The molecule has 0 bridgehead atoms. The molecule has 2 fully saturated rings. The Kier molecular flexibility index (Phi) is 6.74. The Labute approximate surface area is 184 Å². The van der Waals surface area contributed by atoms with E-state index in [1.807, 2.05) is 6.07 Å². The monoisotopic (exact) mass is 426 g/mol. The van der Waals surface area contributed by atoms with Crippen molar-refractivity contribution in [2.45, 2.75) is 50.2 Å². The van der Waals surface area contributed by atoms with Crippen LogP contribution in [-0.4, -0.2) is 77.9 Å². The van der Waals surface area contributed by atoms with Crippen LogP contribution in [0.25, 0.3) is 0 Å². The maximum Gasteiger partial charge on any atom is 0.289 e. The third kappa shape index (κ3) is 5.00. The van der Waals surface area contributed by atoms with Crippen molar-refractivity contribution in [3.8, 4) is 0 Å². The van der Waals surface area contributed by atoms with Gasteiger partial charge in [-0.3, -0.25) is 9.69 Å². The zero-order valence-corrected chi connectivity index (χ0v) is 18.6. The third-order valence-corrected chi connectivity index (χ3v) is 7.11. The molecule has 7 heteroatoms. The van der Waals surface area contributed by atoms with E-state index in [4.69, 9.17) is 4.52 Å². The Balaban J connectivity index is 1.52. The zero-order valence-electron chi connectivity index (χ0n) is 18.6. The molecule has 1 aromatic carbocycles. The molecular formula is C24H34N4O3. The molecule has 3 atom stereocenters. The second kappa shape index (κ2) is 9.51. The predicted octanol–water partition coefficient (Wildman–Crippen LogP) is 2.20. The number of nitrogens with zero attached hydrogens (tertiary/aromatic N) is 3. The lowest BCUT2D eigenvalue weighted by Gasteiger charge is -2.39. The number of aryl methyl sites for hydroxylation is 1. The third-order valence-electron chi connectivity index (χ3n) is 7.11. The first-order valence-electron chi connectivity index (χ1n) is 11.3. The summed E-state index contributed by atoms with van der Waals surface area (Å²) in [7, 11) is 2.15. The standard InChI is InChI=1S/C24H34N4O3/c1-18-16-22(31-26-18)23(30)25-17-24(19-6-4-3-5-7-19)10-8-20(21(29)9-11-24)28-14-12-27(2)13-15-28/h3-7,16,20-21,29H,8-15,17H2,1-2H3,(H,25,30)/t20-,21-,24-/m0/s1. The molecule has 4 rings (SSSR count). The summed E-state index contributed by atoms with van der Waals surface area (Å²) in [6.07, 6.45) is 3.04. The van der Waals surface area contributed by atoms with E-state index < -0.39 is 0 Å². The van der Waals surface area contributed by atoms with Crippen LogP contribution < -0.4 is 5.32 Å². The minimum Gasteiger partial charge on any atom is -0.391 e. The van der Waals surface area contributed by atoms with E-state index in [9.17, 15) is 9.90 Å². The quantitative estimate of drug-likeness (QED) is 0.714. The highest BCUT2D eigenvalue weighted by atomic mass is 16.5. The first-order valence-corrected chi connectivity index (χ1v) is 11.3. The number of carbonyl (C=O) groups is 1. The van der Waals surface area contributed by atoms with E-state index in [2.05, 4.69) is 51.6 Å². The summed E-state index contributed by atoms with van der Waals surface area (Å²) in [5.41, 5.74) is 1.69. The first kappa shape index (κ1) is 22.0. The van der Waals surface area contributed by atoms with Gasteiger partial charge in [0.1, 0.15) is 0 Å². The number of carbonyl (C=O) groups excluding carboxylic acids is 1. The Morgan fingerprint density at radius 3 is 2.58 bits per heavy atom. The summed E-state index contributed by atoms with van der Waals surface area (Å²) >= 11 is 0. The van der Waals surface area contributed by atoms with Gasteiger partial charge >= 0.3 is 0 Å². The van der Waals surface area contributed by atoms with Crippen molar-refractivity contribution < 1.29 is 14.4 Å². The van der Waals surface area contributed by atoms with E-state index in [0.717, 1.165) is 51.9 Å². The fourth-order valence-corrected chi connectivity index (χ4v) is 5.10. The molecule has 2 N–H and O–H groups in total. The summed E-state index contributed by atoms with van der Waals surface area (Å²) in [6, 6.07) is 12.2. The minimum atomic E-state index is -0.346. The van der Waals surface area contributed by atoms with Crippen molar-refractivity contribution in [2.75, 3.05) is 39.8 Å². The number of aliphatic hydroxyl groups excluding tert-OH is 1.